The molecule has 0 heterocycles. The van der Waals surface area contributed by atoms with E-state index in [1.54, 1.807) is 0 Å². The van der Waals surface area contributed by atoms with Crippen LogP contribution in [0.1, 0.15) is 50.2 Å². The number of amides is 1. The van der Waals surface area contributed by atoms with Gasteiger partial charge < -0.3 is 15.8 Å². The average Bonchev–Trinajstić information content (AvgIpc) is 2.92. The van der Waals surface area contributed by atoms with E-state index in [1.807, 2.05) is 13.0 Å². The molecule has 1 aliphatic rings. The van der Waals surface area contributed by atoms with E-state index < -0.39 is 0 Å². The van der Waals surface area contributed by atoms with E-state index in [9.17, 15) is 4.79 Å². The van der Waals surface area contributed by atoms with Crippen LogP contribution in [-0.2, 0) is 4.79 Å². The Balaban J connectivity index is 0.00000264. The smallest absolute Gasteiger partial charge is 0.258 e. The van der Waals surface area contributed by atoms with Crippen molar-refractivity contribution >= 4 is 18.3 Å². The molecule has 130 valence electrons. The molecular formula is C18H29ClN2O2. The summed E-state index contributed by atoms with van der Waals surface area (Å²) in [6.07, 6.45) is 3.27. The van der Waals surface area contributed by atoms with Crippen molar-refractivity contribution < 1.29 is 9.53 Å². The number of carbonyl (C=O) groups excluding carboxylic acids is 1. The molecular weight excluding hydrogens is 312 g/mol. The Morgan fingerprint density at radius 1 is 1.39 bits per heavy atom. The average molecular weight is 341 g/mol. The largest absolute Gasteiger partial charge is 0.483 e. The first-order chi connectivity index (χ1) is 10.5. The molecule has 3 N–H and O–H groups in total. The highest BCUT2D eigenvalue weighted by Gasteiger charge is 2.27. The maximum atomic E-state index is 12.1. The van der Waals surface area contributed by atoms with E-state index >= 15 is 0 Å². The summed E-state index contributed by atoms with van der Waals surface area (Å²) in [6.45, 7) is 6.99. The fourth-order valence-electron chi connectivity index (χ4n) is 3.14. The molecule has 5 heteroatoms. The van der Waals surface area contributed by atoms with Crippen molar-refractivity contribution in [1.29, 1.82) is 0 Å². The number of carbonyl (C=O) groups is 1. The van der Waals surface area contributed by atoms with Gasteiger partial charge in [-0.05, 0) is 55.3 Å². The van der Waals surface area contributed by atoms with Crippen molar-refractivity contribution in [3.8, 4) is 5.75 Å². The van der Waals surface area contributed by atoms with Crippen LogP contribution in [0, 0.1) is 12.8 Å². The van der Waals surface area contributed by atoms with Crippen molar-refractivity contribution in [3.05, 3.63) is 29.3 Å². The van der Waals surface area contributed by atoms with Crippen LogP contribution in [0.5, 0.6) is 5.75 Å². The third-order valence-corrected chi connectivity index (χ3v) is 4.46. The number of nitrogens with one attached hydrogen (secondary N) is 1. The minimum absolute atomic E-state index is 0. The summed E-state index contributed by atoms with van der Waals surface area (Å²) < 4.78 is 5.78. The summed E-state index contributed by atoms with van der Waals surface area (Å²) in [5.74, 6) is 1.54. The van der Waals surface area contributed by atoms with Gasteiger partial charge in [-0.15, -0.1) is 12.4 Å². The van der Waals surface area contributed by atoms with Gasteiger partial charge in [-0.3, -0.25) is 4.79 Å². The van der Waals surface area contributed by atoms with E-state index in [4.69, 9.17) is 10.5 Å². The number of hydrogen-bond donors (Lipinski definition) is 2. The topological polar surface area (TPSA) is 64.3 Å². The Morgan fingerprint density at radius 3 is 2.78 bits per heavy atom. The molecule has 4 nitrogen and oxygen atoms in total. The van der Waals surface area contributed by atoms with E-state index in [0.29, 0.717) is 18.4 Å². The first-order valence-electron chi connectivity index (χ1n) is 8.24. The summed E-state index contributed by atoms with van der Waals surface area (Å²) in [7, 11) is 0. The minimum atomic E-state index is -0.0541. The number of rotatable bonds is 6. The lowest BCUT2D eigenvalue weighted by Gasteiger charge is -2.20. The fraction of sp³-hybridized carbons (Fsp3) is 0.611. The van der Waals surface area contributed by atoms with Gasteiger partial charge >= 0.3 is 0 Å². The number of benzene rings is 1. The van der Waals surface area contributed by atoms with Gasteiger partial charge in [-0.1, -0.05) is 32.4 Å². The van der Waals surface area contributed by atoms with Crippen molar-refractivity contribution in [2.75, 3.05) is 13.2 Å². The lowest BCUT2D eigenvalue weighted by atomic mass is 10.0. The molecule has 1 aromatic rings. The van der Waals surface area contributed by atoms with Gasteiger partial charge in [-0.25, -0.2) is 0 Å². The first-order valence-corrected chi connectivity index (χ1v) is 8.24. The van der Waals surface area contributed by atoms with Crippen molar-refractivity contribution in [2.45, 2.75) is 52.0 Å². The first kappa shape index (κ1) is 19.8. The molecule has 0 aromatic heterocycles. The zero-order valence-corrected chi connectivity index (χ0v) is 15.1. The van der Waals surface area contributed by atoms with Crippen LogP contribution in [0.2, 0.25) is 0 Å². The standard InChI is InChI=1S/C18H28N2O2.ClH/c1-12(2)15-8-7-13(3)9-17(15)22-11-18(21)20-16-6-4-5-14(16)10-19;/h7-9,12,14,16H,4-6,10-11,19H2,1-3H3,(H,20,21);1H. The zero-order chi connectivity index (χ0) is 16.1. The van der Waals surface area contributed by atoms with Crippen LogP contribution in [0.4, 0.5) is 0 Å². The quantitative estimate of drug-likeness (QED) is 0.836. The van der Waals surface area contributed by atoms with Crippen LogP contribution >= 0.6 is 12.4 Å². The molecule has 0 aliphatic heterocycles. The molecule has 1 saturated carbocycles. The van der Waals surface area contributed by atoms with Gasteiger partial charge in [-0.2, -0.15) is 0 Å². The highest BCUT2D eigenvalue weighted by molar-refractivity contribution is 5.85. The fourth-order valence-corrected chi connectivity index (χ4v) is 3.14. The van der Waals surface area contributed by atoms with E-state index in [1.165, 1.54) is 0 Å². The van der Waals surface area contributed by atoms with Gasteiger partial charge in [0.05, 0.1) is 0 Å². The van der Waals surface area contributed by atoms with Crippen molar-refractivity contribution in [1.82, 2.24) is 5.32 Å². The summed E-state index contributed by atoms with van der Waals surface area (Å²) >= 11 is 0. The van der Waals surface area contributed by atoms with Crippen LogP contribution in [-0.4, -0.2) is 25.1 Å². The van der Waals surface area contributed by atoms with Gasteiger partial charge in [0.2, 0.25) is 0 Å². The molecule has 0 spiro atoms. The summed E-state index contributed by atoms with van der Waals surface area (Å²) in [5, 5.41) is 3.07. The maximum absolute atomic E-state index is 12.1. The normalized spacial score (nSPS) is 20.2. The van der Waals surface area contributed by atoms with Crippen LogP contribution in [0.25, 0.3) is 0 Å². The summed E-state index contributed by atoms with van der Waals surface area (Å²) in [6, 6.07) is 6.37. The number of nitrogens with two attached hydrogens (primary N) is 1. The summed E-state index contributed by atoms with van der Waals surface area (Å²) in [5.41, 5.74) is 8.03. The Morgan fingerprint density at radius 2 is 2.13 bits per heavy atom. The predicted octanol–water partition coefficient (Wildman–Crippen LogP) is 3.16. The molecule has 2 atom stereocenters. The zero-order valence-electron chi connectivity index (χ0n) is 14.3. The lowest BCUT2D eigenvalue weighted by molar-refractivity contribution is -0.124. The minimum Gasteiger partial charge on any atom is -0.483 e. The monoisotopic (exact) mass is 340 g/mol. The number of halogens is 1. The number of ether oxygens (including phenoxy) is 1. The van der Waals surface area contributed by atoms with Crippen LogP contribution in [0.15, 0.2) is 18.2 Å². The molecule has 1 fully saturated rings. The number of aryl methyl sites for hydroxylation is 1. The molecule has 1 aromatic carbocycles. The van der Waals surface area contributed by atoms with Gasteiger partial charge in [0.25, 0.3) is 5.91 Å². The van der Waals surface area contributed by atoms with Crippen LogP contribution < -0.4 is 15.8 Å². The van der Waals surface area contributed by atoms with Gasteiger partial charge in [0.1, 0.15) is 5.75 Å². The highest BCUT2D eigenvalue weighted by atomic mass is 35.5. The molecule has 0 radical (unpaired) electrons. The molecule has 0 bridgehead atoms. The molecule has 1 aliphatic carbocycles. The molecule has 2 unspecified atom stereocenters. The Bertz CT molecular complexity index is 520. The lowest BCUT2D eigenvalue weighted by Crippen LogP contribution is -2.42. The summed E-state index contributed by atoms with van der Waals surface area (Å²) in [4.78, 5) is 12.1. The second-order valence-corrected chi connectivity index (χ2v) is 6.59. The second kappa shape index (κ2) is 9.14. The molecule has 2 rings (SSSR count). The maximum Gasteiger partial charge on any atom is 0.258 e. The molecule has 1 amide bonds. The number of hydrogen-bond acceptors (Lipinski definition) is 3. The predicted molar refractivity (Wildman–Crippen MR) is 96.3 cm³/mol. The molecule has 23 heavy (non-hydrogen) atoms. The van der Waals surface area contributed by atoms with Crippen molar-refractivity contribution in [2.24, 2.45) is 11.7 Å². The Hall–Kier alpha value is -1.26. The Kier molecular flexibility index (Phi) is 7.86. The van der Waals surface area contributed by atoms with Crippen LogP contribution in [0.3, 0.4) is 0 Å². The third-order valence-electron chi connectivity index (χ3n) is 4.46. The van der Waals surface area contributed by atoms with E-state index in [0.717, 1.165) is 36.1 Å². The van der Waals surface area contributed by atoms with E-state index in [2.05, 4.69) is 31.3 Å². The van der Waals surface area contributed by atoms with Gasteiger partial charge in [0, 0.05) is 6.04 Å². The highest BCUT2D eigenvalue weighted by Crippen LogP contribution is 2.28. The molecule has 0 saturated heterocycles. The van der Waals surface area contributed by atoms with Gasteiger partial charge in [0.15, 0.2) is 6.61 Å². The Labute approximate surface area is 145 Å². The third kappa shape index (κ3) is 5.40. The van der Waals surface area contributed by atoms with E-state index in [-0.39, 0.29) is 31.0 Å². The second-order valence-electron chi connectivity index (χ2n) is 6.59. The van der Waals surface area contributed by atoms with Crippen molar-refractivity contribution in [3.63, 3.8) is 0 Å². The SMILES string of the molecule is Cc1ccc(C(C)C)c(OCC(=O)NC2CCCC2CN)c1.Cl.